The Balaban J connectivity index is 2.49. The van der Waals surface area contributed by atoms with Crippen molar-refractivity contribution < 1.29 is 9.59 Å². The Labute approximate surface area is 182 Å². The first-order valence-corrected chi connectivity index (χ1v) is 12.1. The molecule has 30 heavy (non-hydrogen) atoms. The molecule has 0 spiro atoms. The van der Waals surface area contributed by atoms with Gasteiger partial charge in [-0.2, -0.15) is 0 Å². The molecule has 0 saturated carbocycles. The lowest BCUT2D eigenvalue weighted by Gasteiger charge is -2.50. The zero-order valence-electron chi connectivity index (χ0n) is 20.0. The van der Waals surface area contributed by atoms with Gasteiger partial charge in [0, 0.05) is 23.0 Å². The summed E-state index contributed by atoms with van der Waals surface area (Å²) in [6.07, 6.45) is 9.88. The minimum Gasteiger partial charge on any atom is -0.269 e. The summed E-state index contributed by atoms with van der Waals surface area (Å²) in [5.74, 6) is -0.304. The number of fused-ring (bicyclic) bond motifs is 1. The predicted octanol–water partition coefficient (Wildman–Crippen LogP) is 6.22. The Bertz CT molecular complexity index is 853. The molecule has 2 aliphatic rings. The van der Waals surface area contributed by atoms with Gasteiger partial charge in [0.1, 0.15) is 0 Å². The summed E-state index contributed by atoms with van der Waals surface area (Å²) in [5, 5.41) is 0. The molecule has 0 saturated heterocycles. The molecule has 0 radical (unpaired) electrons. The van der Waals surface area contributed by atoms with Crippen molar-refractivity contribution in [1.29, 1.82) is 0 Å². The lowest BCUT2D eigenvalue weighted by atomic mass is 9.56. The Morgan fingerprint density at radius 2 is 1.30 bits per heavy atom. The van der Waals surface area contributed by atoms with E-state index in [4.69, 9.17) is 0 Å². The van der Waals surface area contributed by atoms with Crippen LogP contribution >= 0.6 is 0 Å². The number of amides is 2. The van der Waals surface area contributed by atoms with Gasteiger partial charge in [-0.15, -0.1) is 0 Å². The first kappa shape index (κ1) is 22.8. The Morgan fingerprint density at radius 3 is 1.70 bits per heavy atom. The molecule has 0 aromatic heterocycles. The van der Waals surface area contributed by atoms with Gasteiger partial charge in [0.15, 0.2) is 0 Å². The summed E-state index contributed by atoms with van der Waals surface area (Å²) in [6.45, 7) is 15.9. The van der Waals surface area contributed by atoms with Crippen LogP contribution in [0.2, 0.25) is 0 Å². The van der Waals surface area contributed by atoms with Crippen molar-refractivity contribution in [3.8, 4) is 0 Å². The summed E-state index contributed by atoms with van der Waals surface area (Å²) in [4.78, 5) is 27.5. The maximum atomic E-state index is 12.9. The van der Waals surface area contributed by atoms with Crippen molar-refractivity contribution in [3.05, 3.63) is 46.0 Å². The second kappa shape index (κ2) is 8.32. The van der Waals surface area contributed by atoms with Gasteiger partial charge in [0.2, 0.25) is 0 Å². The van der Waals surface area contributed by atoms with E-state index in [1.54, 1.807) is 4.90 Å². The van der Waals surface area contributed by atoms with Crippen molar-refractivity contribution in [2.45, 2.75) is 105 Å². The highest BCUT2D eigenvalue weighted by molar-refractivity contribution is 6.13. The van der Waals surface area contributed by atoms with Gasteiger partial charge >= 0.3 is 0 Å². The smallest absolute Gasteiger partial charge is 0.254 e. The molecule has 1 atom stereocenters. The third kappa shape index (κ3) is 2.70. The lowest BCUT2D eigenvalue weighted by molar-refractivity contribution is -0.145. The summed E-state index contributed by atoms with van der Waals surface area (Å²) in [5.41, 5.74) is 6.90. The van der Waals surface area contributed by atoms with Crippen LogP contribution in [-0.2, 0) is 34.3 Å². The molecular formula is C27H39NO2. The molecule has 3 nitrogen and oxygen atoms in total. The largest absolute Gasteiger partial charge is 0.269 e. The van der Waals surface area contributed by atoms with Crippen molar-refractivity contribution in [1.82, 2.24) is 4.90 Å². The van der Waals surface area contributed by atoms with Crippen molar-refractivity contribution >= 4 is 11.8 Å². The highest BCUT2D eigenvalue weighted by atomic mass is 16.2. The van der Waals surface area contributed by atoms with Gasteiger partial charge in [0.05, 0.1) is 6.04 Å². The third-order valence-corrected chi connectivity index (χ3v) is 8.58. The molecule has 3 rings (SSSR count). The van der Waals surface area contributed by atoms with Crippen molar-refractivity contribution in [2.75, 3.05) is 0 Å². The number of carbonyl (C=O) groups excluding carboxylic acids is 2. The molecule has 1 aliphatic carbocycles. The predicted molar refractivity (Wildman–Crippen MR) is 124 cm³/mol. The van der Waals surface area contributed by atoms with Crippen molar-refractivity contribution in [3.63, 3.8) is 0 Å². The fraction of sp³-hybridized carbons (Fsp3) is 0.630. The number of carbonyl (C=O) groups is 2. The van der Waals surface area contributed by atoms with Gasteiger partial charge in [-0.25, -0.2) is 0 Å². The quantitative estimate of drug-likeness (QED) is 0.478. The average Bonchev–Trinajstić information content (AvgIpc) is 3.22. The number of nitrogens with zero attached hydrogens (tertiary/aromatic N) is 1. The number of aryl methyl sites for hydroxylation is 1. The molecule has 3 heteroatoms. The van der Waals surface area contributed by atoms with E-state index in [1.807, 2.05) is 0 Å². The second-order valence-corrected chi connectivity index (χ2v) is 8.95. The van der Waals surface area contributed by atoms with E-state index in [0.29, 0.717) is 0 Å². The van der Waals surface area contributed by atoms with Gasteiger partial charge in [0.25, 0.3) is 11.8 Å². The van der Waals surface area contributed by atoms with E-state index in [1.165, 1.54) is 40.0 Å². The van der Waals surface area contributed by atoms with Crippen molar-refractivity contribution in [2.24, 2.45) is 5.41 Å². The number of hydrogen-bond acceptors (Lipinski definition) is 2. The van der Waals surface area contributed by atoms with Gasteiger partial charge in [-0.1, -0.05) is 54.5 Å². The van der Waals surface area contributed by atoms with E-state index in [0.717, 1.165) is 44.9 Å². The van der Waals surface area contributed by atoms with Crippen LogP contribution in [0.15, 0.2) is 18.2 Å². The van der Waals surface area contributed by atoms with E-state index in [-0.39, 0.29) is 28.7 Å². The molecule has 0 N–H and O–H groups in total. The molecule has 2 amide bonds. The normalized spacial score (nSPS) is 21.6. The highest BCUT2D eigenvalue weighted by Crippen LogP contribution is 2.67. The van der Waals surface area contributed by atoms with Crippen LogP contribution in [0.1, 0.15) is 108 Å². The van der Waals surface area contributed by atoms with E-state index >= 15 is 0 Å². The highest BCUT2D eigenvalue weighted by Gasteiger charge is 2.63. The van der Waals surface area contributed by atoms with Crippen LogP contribution in [-0.4, -0.2) is 16.7 Å². The molecular weight excluding hydrogens is 370 g/mol. The Kier molecular flexibility index (Phi) is 6.32. The van der Waals surface area contributed by atoms with Crippen LogP contribution in [0.25, 0.3) is 0 Å². The summed E-state index contributed by atoms with van der Waals surface area (Å²) < 4.78 is 0. The molecule has 1 aromatic carbocycles. The summed E-state index contributed by atoms with van der Waals surface area (Å²) >= 11 is 0. The van der Waals surface area contributed by atoms with Gasteiger partial charge in [-0.3, -0.25) is 14.5 Å². The number of benzene rings is 1. The van der Waals surface area contributed by atoms with E-state index < -0.39 is 0 Å². The molecule has 1 aromatic rings. The summed E-state index contributed by atoms with van der Waals surface area (Å²) in [6, 6.07) is 2.18. The molecule has 0 fully saturated rings. The zero-order chi connectivity index (χ0) is 22.3. The standard InChI is InChI=1S/C27H39NO2/c1-8-18-17-21-24(20(10-3)19(18)9-2)26(11-4,12-5)27(13-6,14-7)25(21)28-22(29)15-16-23(28)30/h15-17,25H,8-14H2,1-7H3/t25-/m1/s1. The van der Waals surface area contributed by atoms with Crippen LogP contribution in [0.3, 0.4) is 0 Å². The average molecular weight is 410 g/mol. The zero-order valence-corrected chi connectivity index (χ0v) is 20.0. The molecule has 164 valence electrons. The Morgan fingerprint density at radius 1 is 0.767 bits per heavy atom. The molecule has 1 heterocycles. The lowest BCUT2D eigenvalue weighted by Crippen LogP contribution is -2.49. The molecule has 0 unspecified atom stereocenters. The van der Waals surface area contributed by atoms with Crippen LogP contribution in [0.4, 0.5) is 0 Å². The Hall–Kier alpha value is -1.90. The first-order valence-electron chi connectivity index (χ1n) is 12.1. The monoisotopic (exact) mass is 409 g/mol. The minimum absolute atomic E-state index is 0.0266. The number of imide groups is 1. The molecule has 0 bridgehead atoms. The fourth-order valence-electron chi connectivity index (χ4n) is 7.27. The minimum atomic E-state index is -0.182. The van der Waals surface area contributed by atoms with E-state index in [9.17, 15) is 9.59 Å². The maximum Gasteiger partial charge on any atom is 0.254 e. The maximum absolute atomic E-state index is 12.9. The SMILES string of the molecule is CCc1cc2c(c(CC)c1CC)C(CC)(CC)C(CC)(CC)[C@@H]2N1C(=O)C=CC1=O. The van der Waals surface area contributed by atoms with Gasteiger partial charge in [-0.05, 0) is 72.8 Å². The van der Waals surface area contributed by atoms with E-state index in [2.05, 4.69) is 54.5 Å². The van der Waals surface area contributed by atoms with Gasteiger partial charge < -0.3 is 0 Å². The number of hydrogen-bond donors (Lipinski definition) is 0. The fourth-order valence-corrected chi connectivity index (χ4v) is 7.27. The third-order valence-electron chi connectivity index (χ3n) is 8.58. The first-order chi connectivity index (χ1) is 14.4. The topological polar surface area (TPSA) is 37.4 Å². The van der Waals surface area contributed by atoms with Crippen LogP contribution in [0.5, 0.6) is 0 Å². The van der Waals surface area contributed by atoms with Crippen LogP contribution < -0.4 is 0 Å². The van der Waals surface area contributed by atoms with Crippen LogP contribution in [0, 0.1) is 5.41 Å². The second-order valence-electron chi connectivity index (χ2n) is 8.95. The number of rotatable bonds is 8. The summed E-state index contributed by atoms with van der Waals surface area (Å²) in [7, 11) is 0. The molecule has 1 aliphatic heterocycles.